The second-order valence-corrected chi connectivity index (χ2v) is 9.95. The molecule has 1 aliphatic rings. The summed E-state index contributed by atoms with van der Waals surface area (Å²) < 4.78 is 11.4. The van der Waals surface area contributed by atoms with E-state index < -0.39 is 0 Å². The van der Waals surface area contributed by atoms with Crippen molar-refractivity contribution < 1.29 is 9.47 Å². The van der Waals surface area contributed by atoms with Gasteiger partial charge < -0.3 is 14.4 Å². The quantitative estimate of drug-likeness (QED) is 0.339. The Morgan fingerprint density at radius 1 is 0.806 bits per heavy atom. The molecule has 1 fully saturated rings. The van der Waals surface area contributed by atoms with Gasteiger partial charge in [-0.15, -0.1) is 0 Å². The summed E-state index contributed by atoms with van der Waals surface area (Å²) in [5.74, 6) is 0.915. The summed E-state index contributed by atoms with van der Waals surface area (Å²) in [5, 5.41) is 0. The number of ether oxygens (including phenoxy) is 2. The van der Waals surface area contributed by atoms with Crippen LogP contribution in [-0.4, -0.2) is 63.3 Å². The van der Waals surface area contributed by atoms with Crippen molar-refractivity contribution in [2.24, 2.45) is 0 Å². The van der Waals surface area contributed by atoms with Crippen LogP contribution in [0.3, 0.4) is 0 Å². The van der Waals surface area contributed by atoms with Gasteiger partial charge in [0, 0.05) is 52.6 Å². The van der Waals surface area contributed by atoms with E-state index in [1.165, 1.54) is 35.2 Å². The fourth-order valence-corrected chi connectivity index (χ4v) is 4.87. The molecule has 192 valence electrons. The van der Waals surface area contributed by atoms with Crippen molar-refractivity contribution in [2.45, 2.75) is 38.6 Å². The number of methoxy groups -OCH3 is 1. The van der Waals surface area contributed by atoms with Crippen LogP contribution in [0.15, 0.2) is 78.9 Å². The second-order valence-electron chi connectivity index (χ2n) is 9.95. The first-order valence-corrected chi connectivity index (χ1v) is 13.1. The summed E-state index contributed by atoms with van der Waals surface area (Å²) in [4.78, 5) is 7.34. The molecule has 0 aromatic heterocycles. The van der Waals surface area contributed by atoms with Crippen molar-refractivity contribution in [3.8, 4) is 5.75 Å². The Morgan fingerprint density at radius 2 is 1.47 bits per heavy atom. The molecular weight excluding hydrogens is 446 g/mol. The molecular formula is C31H41N3O2. The van der Waals surface area contributed by atoms with Gasteiger partial charge in [0.25, 0.3) is 0 Å². The molecule has 0 bridgehead atoms. The number of likely N-dealkylation sites (tertiary alicyclic amines) is 1. The van der Waals surface area contributed by atoms with E-state index >= 15 is 0 Å². The maximum absolute atomic E-state index is 5.97. The predicted octanol–water partition coefficient (Wildman–Crippen LogP) is 5.44. The van der Waals surface area contributed by atoms with E-state index in [0.717, 1.165) is 45.1 Å². The van der Waals surface area contributed by atoms with E-state index in [1.54, 1.807) is 7.11 Å². The van der Waals surface area contributed by atoms with Crippen LogP contribution in [-0.2, 0) is 24.4 Å². The Hall–Kier alpha value is -2.86. The van der Waals surface area contributed by atoms with Crippen molar-refractivity contribution in [2.75, 3.05) is 52.3 Å². The zero-order valence-corrected chi connectivity index (χ0v) is 22.1. The Bertz CT molecular complexity index is 1010. The second kappa shape index (κ2) is 13.4. The number of hydrogen-bond donors (Lipinski definition) is 0. The van der Waals surface area contributed by atoms with E-state index in [9.17, 15) is 0 Å². The molecule has 3 aromatic carbocycles. The topological polar surface area (TPSA) is 28.2 Å². The highest BCUT2D eigenvalue weighted by Crippen LogP contribution is 2.22. The largest absolute Gasteiger partial charge is 0.489 e. The zero-order chi connectivity index (χ0) is 25.2. The van der Waals surface area contributed by atoms with Gasteiger partial charge in [0.15, 0.2) is 0 Å². The standard InChI is InChI=1S/C31H41N3O2/c1-32(2)29-13-9-26(10-14-29)23-33-19-17-30(18-20-33)34(21-22-35-3)24-27-11-15-31(16-12-27)36-25-28-7-5-4-6-8-28/h4-16,30H,17-25H2,1-3H3. The van der Waals surface area contributed by atoms with Crippen molar-refractivity contribution in [3.63, 3.8) is 0 Å². The van der Waals surface area contributed by atoms with Crippen LogP contribution in [0.5, 0.6) is 5.75 Å². The predicted molar refractivity (Wildman–Crippen MR) is 149 cm³/mol. The number of nitrogens with zero attached hydrogens (tertiary/aromatic N) is 3. The molecule has 1 saturated heterocycles. The minimum absolute atomic E-state index is 0.585. The molecule has 3 aromatic rings. The van der Waals surface area contributed by atoms with Crippen LogP contribution in [0.2, 0.25) is 0 Å². The third-order valence-corrected chi connectivity index (χ3v) is 7.07. The number of benzene rings is 3. The summed E-state index contributed by atoms with van der Waals surface area (Å²) in [5.41, 5.74) is 5.15. The van der Waals surface area contributed by atoms with Gasteiger partial charge in [0.05, 0.1) is 6.61 Å². The highest BCUT2D eigenvalue weighted by Gasteiger charge is 2.24. The smallest absolute Gasteiger partial charge is 0.119 e. The molecule has 0 saturated carbocycles. The molecule has 0 N–H and O–H groups in total. The summed E-state index contributed by atoms with van der Waals surface area (Å²) in [6.07, 6.45) is 2.38. The number of hydrogen-bond acceptors (Lipinski definition) is 5. The van der Waals surface area contributed by atoms with Gasteiger partial charge >= 0.3 is 0 Å². The first-order valence-electron chi connectivity index (χ1n) is 13.1. The Morgan fingerprint density at radius 3 is 2.11 bits per heavy atom. The van der Waals surface area contributed by atoms with Crippen LogP contribution in [0.4, 0.5) is 5.69 Å². The maximum Gasteiger partial charge on any atom is 0.119 e. The molecule has 1 aliphatic heterocycles. The third-order valence-electron chi connectivity index (χ3n) is 7.07. The Kier molecular flexibility index (Phi) is 9.79. The molecule has 0 aliphatic carbocycles. The summed E-state index contributed by atoms with van der Waals surface area (Å²) >= 11 is 0. The van der Waals surface area contributed by atoms with Gasteiger partial charge in [0.1, 0.15) is 12.4 Å². The lowest BCUT2D eigenvalue weighted by Gasteiger charge is -2.38. The van der Waals surface area contributed by atoms with Crippen molar-refractivity contribution >= 4 is 5.69 Å². The molecule has 0 unspecified atom stereocenters. The highest BCUT2D eigenvalue weighted by atomic mass is 16.5. The lowest BCUT2D eigenvalue weighted by atomic mass is 10.0. The monoisotopic (exact) mass is 487 g/mol. The number of anilines is 1. The van der Waals surface area contributed by atoms with E-state index in [-0.39, 0.29) is 0 Å². The average Bonchev–Trinajstić information content (AvgIpc) is 2.92. The summed E-state index contributed by atoms with van der Waals surface area (Å²) in [6.45, 7) is 6.56. The minimum Gasteiger partial charge on any atom is -0.489 e. The molecule has 0 amide bonds. The van der Waals surface area contributed by atoms with Gasteiger partial charge in [-0.05, 0) is 66.9 Å². The van der Waals surface area contributed by atoms with Gasteiger partial charge in [-0.2, -0.15) is 0 Å². The van der Waals surface area contributed by atoms with E-state index in [0.29, 0.717) is 12.6 Å². The fraction of sp³-hybridized carbons (Fsp3) is 0.419. The van der Waals surface area contributed by atoms with Crippen LogP contribution in [0.1, 0.15) is 29.5 Å². The lowest BCUT2D eigenvalue weighted by molar-refractivity contribution is 0.0717. The van der Waals surface area contributed by atoms with E-state index in [2.05, 4.69) is 89.5 Å². The molecule has 1 heterocycles. The van der Waals surface area contributed by atoms with E-state index in [1.807, 2.05) is 18.2 Å². The number of rotatable bonds is 12. The zero-order valence-electron chi connectivity index (χ0n) is 22.1. The summed E-state index contributed by atoms with van der Waals surface area (Å²) in [7, 11) is 5.97. The third kappa shape index (κ3) is 7.82. The van der Waals surface area contributed by atoms with Crippen LogP contribution in [0.25, 0.3) is 0 Å². The molecule has 0 radical (unpaired) electrons. The van der Waals surface area contributed by atoms with Gasteiger partial charge in [-0.3, -0.25) is 9.80 Å². The van der Waals surface area contributed by atoms with Crippen molar-refractivity contribution in [1.82, 2.24) is 9.80 Å². The molecule has 0 atom stereocenters. The first kappa shape index (κ1) is 26.2. The molecule has 5 nitrogen and oxygen atoms in total. The van der Waals surface area contributed by atoms with Crippen molar-refractivity contribution in [1.29, 1.82) is 0 Å². The summed E-state index contributed by atoms with van der Waals surface area (Å²) in [6, 6.07) is 28.4. The van der Waals surface area contributed by atoms with Gasteiger partial charge in [-0.25, -0.2) is 0 Å². The normalized spacial score (nSPS) is 14.8. The molecule has 36 heavy (non-hydrogen) atoms. The Labute approximate surface area is 217 Å². The first-order chi connectivity index (χ1) is 17.6. The van der Waals surface area contributed by atoms with Crippen LogP contribution < -0.4 is 9.64 Å². The number of piperidine rings is 1. The fourth-order valence-electron chi connectivity index (χ4n) is 4.87. The highest BCUT2D eigenvalue weighted by molar-refractivity contribution is 5.46. The Balaban J connectivity index is 1.28. The maximum atomic E-state index is 5.97. The van der Waals surface area contributed by atoms with Crippen LogP contribution in [0, 0.1) is 0 Å². The average molecular weight is 488 g/mol. The minimum atomic E-state index is 0.585. The SMILES string of the molecule is COCCN(Cc1ccc(OCc2ccccc2)cc1)C1CCN(Cc2ccc(N(C)C)cc2)CC1. The molecule has 0 spiro atoms. The van der Waals surface area contributed by atoms with Gasteiger partial charge in [-0.1, -0.05) is 54.6 Å². The molecule has 4 rings (SSSR count). The molecule has 5 heteroatoms. The van der Waals surface area contributed by atoms with Crippen LogP contribution >= 0.6 is 0 Å². The van der Waals surface area contributed by atoms with Gasteiger partial charge in [0.2, 0.25) is 0 Å². The lowest BCUT2D eigenvalue weighted by Crippen LogP contribution is -2.45. The van der Waals surface area contributed by atoms with Crippen molar-refractivity contribution in [3.05, 3.63) is 95.6 Å². The van der Waals surface area contributed by atoms with E-state index in [4.69, 9.17) is 9.47 Å².